The van der Waals surface area contributed by atoms with Crippen LogP contribution in [0.1, 0.15) is 41.0 Å². The van der Waals surface area contributed by atoms with E-state index < -0.39 is 0 Å². The van der Waals surface area contributed by atoms with E-state index in [0.717, 1.165) is 25.6 Å². The second-order valence-electron chi connectivity index (χ2n) is 6.52. The molecule has 0 aliphatic carbocycles. The third-order valence-corrected chi connectivity index (χ3v) is 4.14. The second kappa shape index (κ2) is 6.01. The molecular formula is C15H30N2. The summed E-state index contributed by atoms with van der Waals surface area (Å²) in [5.41, 5.74) is 0.330. The average molecular weight is 238 g/mol. The van der Waals surface area contributed by atoms with Gasteiger partial charge in [-0.2, -0.15) is 0 Å². The summed E-state index contributed by atoms with van der Waals surface area (Å²) in [5.74, 6) is 0.753. The molecule has 3 unspecified atom stereocenters. The number of nitrogens with zero attached hydrogens (tertiary/aromatic N) is 1. The second-order valence-corrected chi connectivity index (χ2v) is 6.52. The highest BCUT2D eigenvalue weighted by Crippen LogP contribution is 2.27. The standard InChI is InChI=1S/C15H30N2/c1-7-9-17-11-13(12(3)8-2)16-10-14(17)15(4,5)6/h7,12-14,16H,1,8-11H2,2-6H3. The van der Waals surface area contributed by atoms with Gasteiger partial charge in [0.2, 0.25) is 0 Å². The van der Waals surface area contributed by atoms with Crippen LogP contribution in [0.25, 0.3) is 0 Å². The quantitative estimate of drug-likeness (QED) is 0.758. The fraction of sp³-hybridized carbons (Fsp3) is 0.867. The Labute approximate surface area is 107 Å². The molecule has 2 heteroatoms. The predicted molar refractivity (Wildman–Crippen MR) is 76.3 cm³/mol. The van der Waals surface area contributed by atoms with Crippen molar-refractivity contribution in [1.29, 1.82) is 0 Å². The minimum Gasteiger partial charge on any atom is -0.311 e. The topological polar surface area (TPSA) is 15.3 Å². The molecule has 0 saturated carbocycles. The van der Waals surface area contributed by atoms with Crippen LogP contribution in [0.3, 0.4) is 0 Å². The zero-order chi connectivity index (χ0) is 13.1. The number of hydrogen-bond acceptors (Lipinski definition) is 2. The highest BCUT2D eigenvalue weighted by molar-refractivity contribution is 4.95. The van der Waals surface area contributed by atoms with Crippen LogP contribution in [0, 0.1) is 11.3 Å². The first kappa shape index (κ1) is 14.7. The van der Waals surface area contributed by atoms with Crippen molar-refractivity contribution in [3.05, 3.63) is 12.7 Å². The van der Waals surface area contributed by atoms with Gasteiger partial charge in [-0.15, -0.1) is 6.58 Å². The number of rotatable bonds is 4. The summed E-state index contributed by atoms with van der Waals surface area (Å²) in [5, 5.41) is 3.74. The molecule has 0 radical (unpaired) electrons. The Morgan fingerprint density at radius 2 is 2.12 bits per heavy atom. The maximum absolute atomic E-state index is 3.90. The molecule has 1 saturated heterocycles. The molecule has 0 amide bonds. The van der Waals surface area contributed by atoms with E-state index in [-0.39, 0.29) is 0 Å². The number of nitrogens with one attached hydrogen (secondary N) is 1. The Hall–Kier alpha value is -0.340. The highest BCUT2D eigenvalue weighted by Gasteiger charge is 2.35. The largest absolute Gasteiger partial charge is 0.311 e. The third-order valence-electron chi connectivity index (χ3n) is 4.14. The molecule has 1 heterocycles. The van der Waals surface area contributed by atoms with Crippen molar-refractivity contribution in [1.82, 2.24) is 10.2 Å². The van der Waals surface area contributed by atoms with E-state index in [1.807, 2.05) is 6.08 Å². The van der Waals surface area contributed by atoms with E-state index in [9.17, 15) is 0 Å². The fourth-order valence-electron chi connectivity index (χ4n) is 2.72. The lowest BCUT2D eigenvalue weighted by Crippen LogP contribution is -2.61. The number of piperazine rings is 1. The molecule has 0 aromatic carbocycles. The molecule has 0 bridgehead atoms. The Bertz CT molecular complexity index is 242. The van der Waals surface area contributed by atoms with Crippen molar-refractivity contribution in [3.63, 3.8) is 0 Å². The Balaban J connectivity index is 2.70. The van der Waals surface area contributed by atoms with Crippen LogP contribution in [0.4, 0.5) is 0 Å². The summed E-state index contributed by atoms with van der Waals surface area (Å²) >= 11 is 0. The van der Waals surface area contributed by atoms with Gasteiger partial charge in [0.1, 0.15) is 0 Å². The maximum Gasteiger partial charge on any atom is 0.0273 e. The molecule has 3 atom stereocenters. The van der Waals surface area contributed by atoms with Gasteiger partial charge in [-0.3, -0.25) is 4.90 Å². The first-order valence-electron chi connectivity index (χ1n) is 6.98. The number of hydrogen-bond donors (Lipinski definition) is 1. The van der Waals surface area contributed by atoms with Crippen LogP contribution >= 0.6 is 0 Å². The van der Waals surface area contributed by atoms with Crippen molar-refractivity contribution in [2.75, 3.05) is 19.6 Å². The van der Waals surface area contributed by atoms with Crippen LogP contribution in [0.15, 0.2) is 12.7 Å². The lowest BCUT2D eigenvalue weighted by molar-refractivity contribution is 0.0536. The van der Waals surface area contributed by atoms with Gasteiger partial charge in [-0.25, -0.2) is 0 Å². The smallest absolute Gasteiger partial charge is 0.0273 e. The van der Waals surface area contributed by atoms with Crippen LogP contribution in [-0.4, -0.2) is 36.6 Å². The fourth-order valence-corrected chi connectivity index (χ4v) is 2.72. The van der Waals surface area contributed by atoms with Crippen molar-refractivity contribution < 1.29 is 0 Å². The minimum atomic E-state index is 0.330. The molecule has 0 aromatic rings. The van der Waals surface area contributed by atoms with Crippen molar-refractivity contribution in [2.24, 2.45) is 11.3 Å². The molecule has 1 fully saturated rings. The summed E-state index contributed by atoms with van der Waals surface area (Å²) in [7, 11) is 0. The molecule has 2 nitrogen and oxygen atoms in total. The van der Waals surface area contributed by atoms with E-state index >= 15 is 0 Å². The van der Waals surface area contributed by atoms with Crippen LogP contribution in [0.2, 0.25) is 0 Å². The predicted octanol–water partition coefficient (Wildman–Crippen LogP) is 2.91. The molecule has 0 aromatic heterocycles. The summed E-state index contributed by atoms with van der Waals surface area (Å²) in [4.78, 5) is 2.60. The molecule has 1 N–H and O–H groups in total. The zero-order valence-corrected chi connectivity index (χ0v) is 12.3. The Morgan fingerprint density at radius 1 is 1.47 bits per heavy atom. The van der Waals surface area contributed by atoms with Gasteiger partial charge in [0.15, 0.2) is 0 Å². The third kappa shape index (κ3) is 3.82. The average Bonchev–Trinajstić information content (AvgIpc) is 2.27. The van der Waals surface area contributed by atoms with E-state index in [2.05, 4.69) is 51.4 Å². The van der Waals surface area contributed by atoms with Gasteiger partial charge in [-0.1, -0.05) is 47.1 Å². The monoisotopic (exact) mass is 238 g/mol. The van der Waals surface area contributed by atoms with Crippen molar-refractivity contribution >= 4 is 0 Å². The van der Waals surface area contributed by atoms with Gasteiger partial charge in [-0.05, 0) is 11.3 Å². The van der Waals surface area contributed by atoms with E-state index in [0.29, 0.717) is 17.5 Å². The van der Waals surface area contributed by atoms with Gasteiger partial charge in [0, 0.05) is 31.7 Å². The van der Waals surface area contributed by atoms with Crippen molar-refractivity contribution in [2.45, 2.75) is 53.1 Å². The summed E-state index contributed by atoms with van der Waals surface area (Å²) < 4.78 is 0. The first-order chi connectivity index (χ1) is 7.90. The molecule has 17 heavy (non-hydrogen) atoms. The Morgan fingerprint density at radius 3 is 2.59 bits per heavy atom. The van der Waals surface area contributed by atoms with E-state index in [1.54, 1.807) is 0 Å². The van der Waals surface area contributed by atoms with Crippen molar-refractivity contribution in [3.8, 4) is 0 Å². The van der Waals surface area contributed by atoms with Crippen LogP contribution in [-0.2, 0) is 0 Å². The highest BCUT2D eigenvalue weighted by atomic mass is 15.2. The zero-order valence-electron chi connectivity index (χ0n) is 12.3. The van der Waals surface area contributed by atoms with Gasteiger partial charge in [0.05, 0.1) is 0 Å². The molecule has 1 aliphatic heterocycles. The first-order valence-corrected chi connectivity index (χ1v) is 6.98. The Kier molecular flexibility index (Phi) is 5.21. The molecule has 0 spiro atoms. The molecule has 1 rings (SSSR count). The summed E-state index contributed by atoms with van der Waals surface area (Å²) in [6, 6.07) is 1.25. The lowest BCUT2D eigenvalue weighted by Gasteiger charge is -2.47. The molecule has 100 valence electrons. The SMILES string of the molecule is C=CCN1CC(C(C)CC)NCC1C(C)(C)C. The molecule has 1 aliphatic rings. The summed E-state index contributed by atoms with van der Waals surface area (Å²) in [6.45, 7) is 18.8. The van der Waals surface area contributed by atoms with Crippen LogP contribution in [0.5, 0.6) is 0 Å². The van der Waals surface area contributed by atoms with E-state index in [4.69, 9.17) is 0 Å². The lowest BCUT2D eigenvalue weighted by atomic mass is 9.82. The summed E-state index contributed by atoms with van der Waals surface area (Å²) in [6.07, 6.45) is 3.29. The minimum absolute atomic E-state index is 0.330. The molecular weight excluding hydrogens is 208 g/mol. The van der Waals surface area contributed by atoms with E-state index in [1.165, 1.54) is 6.42 Å². The normalized spacial score (nSPS) is 29.0. The maximum atomic E-state index is 3.90. The van der Waals surface area contributed by atoms with Crippen LogP contribution < -0.4 is 5.32 Å². The van der Waals surface area contributed by atoms with Gasteiger partial charge >= 0.3 is 0 Å². The van der Waals surface area contributed by atoms with Gasteiger partial charge in [0.25, 0.3) is 0 Å². The van der Waals surface area contributed by atoms with Gasteiger partial charge < -0.3 is 5.32 Å².